The highest BCUT2D eigenvalue weighted by Crippen LogP contribution is 2.39. The van der Waals surface area contributed by atoms with E-state index in [-0.39, 0.29) is 5.91 Å². The monoisotopic (exact) mass is 240 g/mol. The molecule has 5 heteroatoms. The molecule has 1 amide bonds. The molecule has 4 nitrogen and oxygen atoms in total. The van der Waals surface area contributed by atoms with Gasteiger partial charge < -0.3 is 4.90 Å². The van der Waals surface area contributed by atoms with E-state index in [0.29, 0.717) is 37.4 Å². The molecule has 0 aromatic rings. The van der Waals surface area contributed by atoms with Crippen molar-refractivity contribution in [3.8, 4) is 6.07 Å². The van der Waals surface area contributed by atoms with Crippen LogP contribution in [0, 0.1) is 16.7 Å². The Hall–Kier alpha value is -0.890. The highest BCUT2D eigenvalue weighted by atomic mass is 32.2. The van der Waals surface area contributed by atoms with Gasteiger partial charge in [0.05, 0.1) is 6.07 Å². The van der Waals surface area contributed by atoms with Crippen LogP contribution in [0.3, 0.4) is 0 Å². The maximum Gasteiger partial charge on any atom is 0.243 e. The van der Waals surface area contributed by atoms with Crippen molar-refractivity contribution < 1.29 is 9.00 Å². The minimum atomic E-state index is -0.771. The van der Waals surface area contributed by atoms with Gasteiger partial charge in [-0.3, -0.25) is 9.00 Å². The van der Waals surface area contributed by atoms with Crippen LogP contribution in [0.1, 0.15) is 25.7 Å². The van der Waals surface area contributed by atoms with E-state index < -0.39 is 16.2 Å². The Kier molecular flexibility index (Phi) is 3.29. The first-order chi connectivity index (χ1) is 7.68. The lowest BCUT2D eigenvalue weighted by Gasteiger charge is -2.32. The molecule has 2 rings (SSSR count). The molecule has 0 atom stereocenters. The Morgan fingerprint density at radius 2 is 1.81 bits per heavy atom. The fraction of sp³-hybridized carbons (Fsp3) is 0.818. The van der Waals surface area contributed by atoms with E-state index in [1.165, 1.54) is 0 Å². The molecule has 0 aromatic carbocycles. The van der Waals surface area contributed by atoms with Gasteiger partial charge in [-0.05, 0) is 12.8 Å². The van der Waals surface area contributed by atoms with E-state index in [2.05, 4.69) is 6.07 Å². The molecule has 88 valence electrons. The summed E-state index contributed by atoms with van der Waals surface area (Å²) in [5.41, 5.74) is -0.765. The molecule has 16 heavy (non-hydrogen) atoms. The minimum Gasteiger partial charge on any atom is -0.339 e. The molecule has 1 aliphatic heterocycles. The van der Waals surface area contributed by atoms with Gasteiger partial charge in [-0.15, -0.1) is 0 Å². The summed E-state index contributed by atoms with van der Waals surface area (Å²) in [6, 6.07) is 2.22. The Morgan fingerprint density at radius 3 is 2.31 bits per heavy atom. The van der Waals surface area contributed by atoms with Gasteiger partial charge in [0.25, 0.3) is 0 Å². The summed E-state index contributed by atoms with van der Waals surface area (Å²) in [4.78, 5) is 14.0. The molecular formula is C11H16N2O2S. The van der Waals surface area contributed by atoms with Crippen molar-refractivity contribution in [3.05, 3.63) is 0 Å². The summed E-state index contributed by atoms with van der Waals surface area (Å²) < 4.78 is 11.2. The summed E-state index contributed by atoms with van der Waals surface area (Å²) in [5.74, 6) is 1.10. The number of carbonyl (C=O) groups excluding carboxylic acids is 1. The summed E-state index contributed by atoms with van der Waals surface area (Å²) >= 11 is 0. The summed E-state index contributed by atoms with van der Waals surface area (Å²) in [7, 11) is -0.771. The quantitative estimate of drug-likeness (QED) is 0.676. The Bertz CT molecular complexity index is 345. The molecule has 2 aliphatic rings. The van der Waals surface area contributed by atoms with Crippen molar-refractivity contribution in [1.82, 2.24) is 4.90 Å². The van der Waals surface area contributed by atoms with Crippen molar-refractivity contribution in [1.29, 1.82) is 5.26 Å². The van der Waals surface area contributed by atoms with Gasteiger partial charge in [0, 0.05) is 35.4 Å². The first-order valence-corrected chi connectivity index (χ1v) is 7.22. The SMILES string of the molecule is N#CC1(C(=O)N2CCS(=O)CC2)CCCC1. The highest BCUT2D eigenvalue weighted by molar-refractivity contribution is 7.85. The maximum absolute atomic E-state index is 12.3. The predicted octanol–water partition coefficient (Wildman–Crippen LogP) is 0.661. The molecule has 0 spiro atoms. The average molecular weight is 240 g/mol. The third-order valence-electron chi connectivity index (χ3n) is 3.55. The topological polar surface area (TPSA) is 61.2 Å². The van der Waals surface area contributed by atoms with E-state index in [1.54, 1.807) is 4.90 Å². The average Bonchev–Trinajstić information content (AvgIpc) is 2.79. The van der Waals surface area contributed by atoms with E-state index in [4.69, 9.17) is 0 Å². The number of rotatable bonds is 1. The number of carbonyl (C=O) groups is 1. The van der Waals surface area contributed by atoms with Gasteiger partial charge in [0.1, 0.15) is 5.41 Å². The minimum absolute atomic E-state index is 0.0239. The zero-order valence-corrected chi connectivity index (χ0v) is 10.1. The van der Waals surface area contributed by atoms with Gasteiger partial charge in [-0.2, -0.15) is 5.26 Å². The van der Waals surface area contributed by atoms with E-state index >= 15 is 0 Å². The van der Waals surface area contributed by atoms with Crippen molar-refractivity contribution in [2.24, 2.45) is 5.41 Å². The van der Waals surface area contributed by atoms with Gasteiger partial charge in [0.15, 0.2) is 0 Å². The van der Waals surface area contributed by atoms with E-state index in [0.717, 1.165) is 12.8 Å². The molecule has 0 bridgehead atoms. The van der Waals surface area contributed by atoms with Gasteiger partial charge in [-0.25, -0.2) is 0 Å². The van der Waals surface area contributed by atoms with Crippen LogP contribution in [0.2, 0.25) is 0 Å². The number of nitriles is 1. The zero-order chi connectivity index (χ0) is 11.6. The van der Waals surface area contributed by atoms with E-state index in [9.17, 15) is 14.3 Å². The van der Waals surface area contributed by atoms with Crippen LogP contribution in [-0.4, -0.2) is 39.6 Å². The maximum atomic E-state index is 12.3. The molecular weight excluding hydrogens is 224 g/mol. The second kappa shape index (κ2) is 4.54. The van der Waals surface area contributed by atoms with Crippen LogP contribution < -0.4 is 0 Å². The molecule has 1 saturated heterocycles. The fourth-order valence-corrected chi connectivity index (χ4v) is 3.55. The smallest absolute Gasteiger partial charge is 0.243 e. The molecule has 2 fully saturated rings. The van der Waals surface area contributed by atoms with Gasteiger partial charge >= 0.3 is 0 Å². The lowest BCUT2D eigenvalue weighted by molar-refractivity contribution is -0.138. The third-order valence-corrected chi connectivity index (χ3v) is 4.82. The normalized spacial score (nSPS) is 25.3. The molecule has 1 saturated carbocycles. The molecule has 0 aromatic heterocycles. The van der Waals surface area contributed by atoms with Crippen LogP contribution >= 0.6 is 0 Å². The van der Waals surface area contributed by atoms with Crippen LogP contribution in [-0.2, 0) is 15.6 Å². The second-order valence-electron chi connectivity index (χ2n) is 4.54. The fourth-order valence-electron chi connectivity index (χ4n) is 2.50. The van der Waals surface area contributed by atoms with Crippen molar-refractivity contribution in [2.75, 3.05) is 24.6 Å². The predicted molar refractivity (Wildman–Crippen MR) is 61.0 cm³/mol. The second-order valence-corrected chi connectivity index (χ2v) is 6.24. The molecule has 1 heterocycles. The number of nitrogens with zero attached hydrogens (tertiary/aromatic N) is 2. The van der Waals surface area contributed by atoms with Crippen LogP contribution in [0.4, 0.5) is 0 Å². The Labute approximate surface area is 98.1 Å². The highest BCUT2D eigenvalue weighted by Gasteiger charge is 2.44. The van der Waals surface area contributed by atoms with Gasteiger partial charge in [-0.1, -0.05) is 12.8 Å². The standard InChI is InChI=1S/C11H16N2O2S/c12-9-11(3-1-2-4-11)10(14)13-5-7-16(15)8-6-13/h1-8H2. The van der Waals surface area contributed by atoms with Crippen LogP contribution in [0.15, 0.2) is 0 Å². The first-order valence-electron chi connectivity index (χ1n) is 5.73. The number of amides is 1. The van der Waals surface area contributed by atoms with Crippen LogP contribution in [0.25, 0.3) is 0 Å². The van der Waals surface area contributed by atoms with E-state index in [1.807, 2.05) is 0 Å². The van der Waals surface area contributed by atoms with Crippen molar-refractivity contribution in [3.63, 3.8) is 0 Å². The number of hydrogen-bond donors (Lipinski definition) is 0. The van der Waals surface area contributed by atoms with Gasteiger partial charge in [0.2, 0.25) is 5.91 Å². The number of hydrogen-bond acceptors (Lipinski definition) is 3. The Morgan fingerprint density at radius 1 is 1.25 bits per heavy atom. The lowest BCUT2D eigenvalue weighted by atomic mass is 9.86. The summed E-state index contributed by atoms with van der Waals surface area (Å²) in [5, 5.41) is 9.21. The van der Waals surface area contributed by atoms with Crippen molar-refractivity contribution in [2.45, 2.75) is 25.7 Å². The zero-order valence-electron chi connectivity index (χ0n) is 9.28. The first kappa shape index (κ1) is 11.6. The molecule has 0 radical (unpaired) electrons. The largest absolute Gasteiger partial charge is 0.339 e. The lowest BCUT2D eigenvalue weighted by Crippen LogP contribution is -2.48. The molecule has 0 N–H and O–H groups in total. The van der Waals surface area contributed by atoms with Crippen LogP contribution in [0.5, 0.6) is 0 Å². The third kappa shape index (κ3) is 1.99. The Balaban J connectivity index is 2.07. The summed E-state index contributed by atoms with van der Waals surface area (Å²) in [6.45, 7) is 1.10. The summed E-state index contributed by atoms with van der Waals surface area (Å²) in [6.07, 6.45) is 3.34. The molecule has 0 unspecified atom stereocenters. The molecule has 1 aliphatic carbocycles. The van der Waals surface area contributed by atoms with Crippen molar-refractivity contribution >= 4 is 16.7 Å².